The van der Waals surface area contributed by atoms with E-state index in [2.05, 4.69) is 5.10 Å². The third-order valence-electron chi connectivity index (χ3n) is 4.26. The maximum atomic E-state index is 14.3. The highest BCUT2D eigenvalue weighted by molar-refractivity contribution is 7.89. The van der Waals surface area contributed by atoms with Crippen LogP contribution >= 0.6 is 0 Å². The lowest BCUT2D eigenvalue weighted by molar-refractivity contribution is -0.00260. The highest BCUT2D eigenvalue weighted by Gasteiger charge is 2.33. The van der Waals surface area contributed by atoms with Crippen molar-refractivity contribution in [3.05, 3.63) is 41.5 Å². The van der Waals surface area contributed by atoms with Crippen molar-refractivity contribution in [3.8, 4) is 5.75 Å². The summed E-state index contributed by atoms with van der Waals surface area (Å²) in [7, 11) is -0.722. The zero-order valence-electron chi connectivity index (χ0n) is 14.3. The van der Waals surface area contributed by atoms with E-state index < -0.39 is 21.9 Å². The number of hydrogen-bond acceptors (Lipinski definition) is 5. The quantitative estimate of drug-likeness (QED) is 0.819. The fourth-order valence-electron chi connectivity index (χ4n) is 2.87. The summed E-state index contributed by atoms with van der Waals surface area (Å²) in [5, 5.41) is 4.09. The van der Waals surface area contributed by atoms with Crippen molar-refractivity contribution >= 4 is 10.0 Å². The minimum atomic E-state index is -3.84. The second kappa shape index (κ2) is 6.74. The monoisotopic (exact) mass is 369 g/mol. The van der Waals surface area contributed by atoms with Crippen LogP contribution in [0.3, 0.4) is 0 Å². The van der Waals surface area contributed by atoms with Crippen LogP contribution in [0.5, 0.6) is 5.75 Å². The highest BCUT2D eigenvalue weighted by Crippen LogP contribution is 2.31. The molecule has 0 bridgehead atoms. The Morgan fingerprint density at radius 3 is 2.80 bits per heavy atom. The van der Waals surface area contributed by atoms with Crippen LogP contribution < -0.4 is 4.74 Å². The summed E-state index contributed by atoms with van der Waals surface area (Å²) in [5.74, 6) is -0.646. The highest BCUT2D eigenvalue weighted by atomic mass is 32.2. The number of rotatable bonds is 4. The van der Waals surface area contributed by atoms with Gasteiger partial charge >= 0.3 is 0 Å². The second-order valence-electron chi connectivity index (χ2n) is 5.87. The molecule has 136 valence electrons. The minimum absolute atomic E-state index is 0.0201. The fourth-order valence-corrected chi connectivity index (χ4v) is 4.51. The fraction of sp³-hybridized carbons (Fsp3) is 0.438. The van der Waals surface area contributed by atoms with Crippen LogP contribution in [0.2, 0.25) is 0 Å². The standard InChI is InChI=1S/C16H20FN3O4S/c1-11-15(5-4-13(23-3)16(11)17)25(21,22)20-6-7-24-14(10-20)12-8-18-19(2)9-12/h4-5,8-9,14H,6-7,10H2,1-3H3/t14-/m1/s1. The molecule has 1 aliphatic heterocycles. The van der Waals surface area contributed by atoms with Crippen molar-refractivity contribution in [3.63, 3.8) is 0 Å². The first-order chi connectivity index (χ1) is 11.8. The normalized spacial score (nSPS) is 19.1. The Morgan fingerprint density at radius 2 is 2.16 bits per heavy atom. The van der Waals surface area contributed by atoms with Gasteiger partial charge < -0.3 is 9.47 Å². The summed E-state index contributed by atoms with van der Waals surface area (Å²) in [6.07, 6.45) is 3.04. The Hall–Kier alpha value is -1.97. The number of halogens is 1. The number of nitrogens with zero attached hydrogens (tertiary/aromatic N) is 3. The molecule has 25 heavy (non-hydrogen) atoms. The molecule has 1 aromatic heterocycles. The molecule has 0 spiro atoms. The first-order valence-electron chi connectivity index (χ1n) is 7.78. The zero-order chi connectivity index (χ0) is 18.2. The van der Waals surface area contributed by atoms with Crippen molar-refractivity contribution in [1.82, 2.24) is 14.1 Å². The Morgan fingerprint density at radius 1 is 1.40 bits per heavy atom. The summed E-state index contributed by atoms with van der Waals surface area (Å²) >= 11 is 0. The van der Waals surface area contributed by atoms with E-state index in [1.165, 1.54) is 30.5 Å². The smallest absolute Gasteiger partial charge is 0.243 e. The number of hydrogen-bond donors (Lipinski definition) is 0. The second-order valence-corrected chi connectivity index (χ2v) is 7.78. The summed E-state index contributed by atoms with van der Waals surface area (Å²) < 4.78 is 53.8. The molecule has 1 fully saturated rings. The van der Waals surface area contributed by atoms with E-state index in [0.717, 1.165) is 5.56 Å². The average molecular weight is 369 g/mol. The van der Waals surface area contributed by atoms with Crippen LogP contribution in [-0.4, -0.2) is 49.3 Å². The predicted octanol–water partition coefficient (Wildman–Crippen LogP) is 1.64. The van der Waals surface area contributed by atoms with Crippen LogP contribution in [0, 0.1) is 12.7 Å². The lowest BCUT2D eigenvalue weighted by Crippen LogP contribution is -2.42. The van der Waals surface area contributed by atoms with E-state index in [-0.39, 0.29) is 35.9 Å². The Bertz CT molecular complexity index is 882. The molecule has 0 unspecified atom stereocenters. The van der Waals surface area contributed by atoms with E-state index in [4.69, 9.17) is 9.47 Å². The first-order valence-corrected chi connectivity index (χ1v) is 9.22. The Labute approximate surface area is 146 Å². The van der Waals surface area contributed by atoms with E-state index in [1.54, 1.807) is 24.1 Å². The van der Waals surface area contributed by atoms with Gasteiger partial charge in [-0.05, 0) is 19.1 Å². The van der Waals surface area contributed by atoms with Gasteiger partial charge in [-0.3, -0.25) is 4.68 Å². The molecule has 1 atom stereocenters. The van der Waals surface area contributed by atoms with E-state index >= 15 is 0 Å². The van der Waals surface area contributed by atoms with Gasteiger partial charge in [-0.25, -0.2) is 12.8 Å². The molecule has 0 amide bonds. The van der Waals surface area contributed by atoms with Crippen molar-refractivity contribution in [1.29, 1.82) is 0 Å². The topological polar surface area (TPSA) is 73.7 Å². The van der Waals surface area contributed by atoms with Gasteiger partial charge in [-0.1, -0.05) is 0 Å². The number of aryl methyl sites for hydroxylation is 1. The molecule has 2 heterocycles. The minimum Gasteiger partial charge on any atom is -0.494 e. The molecule has 7 nitrogen and oxygen atoms in total. The Balaban J connectivity index is 1.91. The molecule has 1 saturated heterocycles. The summed E-state index contributed by atoms with van der Waals surface area (Å²) in [4.78, 5) is -0.0577. The number of ether oxygens (including phenoxy) is 2. The van der Waals surface area contributed by atoms with E-state index in [0.29, 0.717) is 0 Å². The largest absolute Gasteiger partial charge is 0.494 e. The van der Waals surface area contributed by atoms with E-state index in [1.807, 2.05) is 0 Å². The van der Waals surface area contributed by atoms with Gasteiger partial charge in [0.25, 0.3) is 0 Å². The number of aromatic nitrogens is 2. The maximum absolute atomic E-state index is 14.3. The molecular formula is C16H20FN3O4S. The molecule has 3 rings (SSSR count). The van der Waals surface area contributed by atoms with Crippen molar-refractivity contribution in [2.75, 3.05) is 26.8 Å². The van der Waals surface area contributed by atoms with Gasteiger partial charge in [-0.2, -0.15) is 9.40 Å². The number of methoxy groups -OCH3 is 1. The van der Waals surface area contributed by atoms with Gasteiger partial charge in [0.05, 0.1) is 30.9 Å². The molecule has 9 heteroatoms. The SMILES string of the molecule is COc1ccc(S(=O)(=O)N2CCO[C@@H](c3cnn(C)c3)C2)c(C)c1F. The summed E-state index contributed by atoms with van der Waals surface area (Å²) in [6, 6.07) is 2.70. The lowest BCUT2D eigenvalue weighted by Gasteiger charge is -2.32. The molecule has 0 radical (unpaired) electrons. The average Bonchev–Trinajstić information content (AvgIpc) is 3.03. The van der Waals surface area contributed by atoms with Crippen LogP contribution in [0.4, 0.5) is 4.39 Å². The summed E-state index contributed by atoms with van der Waals surface area (Å²) in [6.45, 7) is 2.06. The van der Waals surface area contributed by atoms with Gasteiger partial charge in [0, 0.05) is 37.5 Å². The number of benzene rings is 1. The van der Waals surface area contributed by atoms with Crippen LogP contribution in [-0.2, 0) is 21.8 Å². The third-order valence-corrected chi connectivity index (χ3v) is 6.27. The molecule has 0 N–H and O–H groups in total. The molecular weight excluding hydrogens is 349 g/mol. The van der Waals surface area contributed by atoms with Gasteiger partial charge in [0.1, 0.15) is 0 Å². The first kappa shape index (κ1) is 17.8. The van der Waals surface area contributed by atoms with Crippen LogP contribution in [0.15, 0.2) is 29.4 Å². The number of sulfonamides is 1. The van der Waals surface area contributed by atoms with Crippen molar-refractivity contribution in [2.45, 2.75) is 17.9 Å². The Kier molecular flexibility index (Phi) is 4.81. The van der Waals surface area contributed by atoms with Crippen molar-refractivity contribution < 1.29 is 22.3 Å². The molecule has 1 aliphatic rings. The lowest BCUT2D eigenvalue weighted by atomic mass is 10.2. The number of morpholine rings is 1. The maximum Gasteiger partial charge on any atom is 0.243 e. The van der Waals surface area contributed by atoms with Crippen LogP contribution in [0.25, 0.3) is 0 Å². The van der Waals surface area contributed by atoms with E-state index in [9.17, 15) is 12.8 Å². The third kappa shape index (κ3) is 3.26. The van der Waals surface area contributed by atoms with Gasteiger partial charge in [0.15, 0.2) is 11.6 Å². The zero-order valence-corrected chi connectivity index (χ0v) is 15.1. The molecule has 0 saturated carbocycles. The molecule has 1 aromatic carbocycles. The van der Waals surface area contributed by atoms with Gasteiger partial charge in [0.2, 0.25) is 10.0 Å². The molecule has 0 aliphatic carbocycles. The summed E-state index contributed by atoms with van der Waals surface area (Å²) in [5.41, 5.74) is 0.851. The predicted molar refractivity (Wildman–Crippen MR) is 88.3 cm³/mol. The van der Waals surface area contributed by atoms with Gasteiger partial charge in [-0.15, -0.1) is 0 Å². The van der Waals surface area contributed by atoms with Crippen LogP contribution in [0.1, 0.15) is 17.2 Å². The molecule has 2 aromatic rings. The van der Waals surface area contributed by atoms with Crippen molar-refractivity contribution in [2.24, 2.45) is 7.05 Å².